The van der Waals surface area contributed by atoms with Gasteiger partial charge in [-0.3, -0.25) is 9.78 Å². The molecule has 2 amide bonds. The predicted octanol–water partition coefficient (Wildman–Crippen LogP) is 1.89. The van der Waals surface area contributed by atoms with E-state index in [0.29, 0.717) is 38.3 Å². The molecule has 1 saturated heterocycles. The molecule has 0 aliphatic carbocycles. The van der Waals surface area contributed by atoms with Gasteiger partial charge in [-0.05, 0) is 26.3 Å². The number of rotatable bonds is 5. The molecule has 7 nitrogen and oxygen atoms in total. The Hall–Kier alpha value is -2.31. The third-order valence-electron chi connectivity index (χ3n) is 4.15. The van der Waals surface area contributed by atoms with Crippen molar-refractivity contribution in [3.63, 3.8) is 0 Å². The first-order chi connectivity index (χ1) is 11.5. The van der Waals surface area contributed by atoms with E-state index in [2.05, 4.69) is 15.2 Å². The second kappa shape index (κ2) is 8.52. The molecule has 0 spiro atoms. The minimum Gasteiger partial charge on any atom is -0.450 e. The normalized spacial score (nSPS) is 15.8. The Morgan fingerprint density at radius 1 is 1.25 bits per heavy atom. The maximum absolute atomic E-state index is 12.2. The number of piperazine rings is 1. The third kappa shape index (κ3) is 4.59. The molecular formula is C17H26N4O3. The van der Waals surface area contributed by atoms with Crippen LogP contribution in [0.5, 0.6) is 0 Å². The molecule has 2 rings (SSSR count). The fraction of sp³-hybridized carbons (Fsp3) is 0.588. The summed E-state index contributed by atoms with van der Waals surface area (Å²) in [5, 5.41) is 2.95. The molecule has 7 heteroatoms. The Kier molecular flexibility index (Phi) is 6.40. The second-order valence-electron chi connectivity index (χ2n) is 5.89. The molecule has 0 aromatic carbocycles. The molecule has 2 heterocycles. The molecule has 1 aliphatic heterocycles. The van der Waals surface area contributed by atoms with Gasteiger partial charge in [-0.25, -0.2) is 4.79 Å². The van der Waals surface area contributed by atoms with Crippen molar-refractivity contribution in [2.75, 3.05) is 37.7 Å². The van der Waals surface area contributed by atoms with E-state index in [0.717, 1.165) is 12.1 Å². The Balaban J connectivity index is 1.97. The van der Waals surface area contributed by atoms with E-state index in [1.807, 2.05) is 19.9 Å². The molecule has 1 atom stereocenters. The highest BCUT2D eigenvalue weighted by Crippen LogP contribution is 2.17. The average Bonchev–Trinajstić information content (AvgIpc) is 2.62. The van der Waals surface area contributed by atoms with Crippen molar-refractivity contribution in [1.82, 2.24) is 15.2 Å². The van der Waals surface area contributed by atoms with Gasteiger partial charge in [0.25, 0.3) is 5.91 Å². The SMILES string of the molecule is CCOC(=O)N1CCN(c2cncc(C(=O)NC(C)CC)c2)CC1. The number of pyridine rings is 1. The molecule has 132 valence electrons. The zero-order valence-corrected chi connectivity index (χ0v) is 14.6. The topological polar surface area (TPSA) is 74.8 Å². The van der Waals surface area contributed by atoms with Crippen LogP contribution in [0, 0.1) is 0 Å². The summed E-state index contributed by atoms with van der Waals surface area (Å²) in [6, 6.07) is 1.99. The number of anilines is 1. The zero-order chi connectivity index (χ0) is 17.5. The van der Waals surface area contributed by atoms with Crippen molar-refractivity contribution in [2.24, 2.45) is 0 Å². The lowest BCUT2D eigenvalue weighted by molar-refractivity contribution is 0.0938. The van der Waals surface area contributed by atoms with E-state index in [1.165, 1.54) is 0 Å². The van der Waals surface area contributed by atoms with E-state index in [4.69, 9.17) is 4.74 Å². The summed E-state index contributed by atoms with van der Waals surface area (Å²) in [7, 11) is 0. The highest BCUT2D eigenvalue weighted by molar-refractivity contribution is 5.94. The van der Waals surface area contributed by atoms with E-state index < -0.39 is 0 Å². The molecular weight excluding hydrogens is 308 g/mol. The van der Waals surface area contributed by atoms with Crippen LogP contribution in [0.1, 0.15) is 37.6 Å². The Bertz CT molecular complexity index is 571. The van der Waals surface area contributed by atoms with E-state index in [-0.39, 0.29) is 18.0 Å². The fourth-order valence-electron chi connectivity index (χ4n) is 2.50. The van der Waals surface area contributed by atoms with Crippen molar-refractivity contribution in [1.29, 1.82) is 0 Å². The van der Waals surface area contributed by atoms with Crippen LogP contribution < -0.4 is 10.2 Å². The van der Waals surface area contributed by atoms with Crippen molar-refractivity contribution >= 4 is 17.7 Å². The van der Waals surface area contributed by atoms with Gasteiger partial charge in [-0.2, -0.15) is 0 Å². The molecule has 0 radical (unpaired) electrons. The number of amides is 2. The zero-order valence-electron chi connectivity index (χ0n) is 14.6. The molecule has 1 unspecified atom stereocenters. The summed E-state index contributed by atoms with van der Waals surface area (Å²) in [4.78, 5) is 32.0. The summed E-state index contributed by atoms with van der Waals surface area (Å²) in [6.07, 6.45) is 3.95. The molecule has 1 aliphatic rings. The van der Waals surface area contributed by atoms with Gasteiger partial charge in [0.2, 0.25) is 0 Å². The molecule has 0 saturated carbocycles. The largest absolute Gasteiger partial charge is 0.450 e. The Morgan fingerprint density at radius 2 is 1.96 bits per heavy atom. The van der Waals surface area contributed by atoms with Crippen LogP contribution in [0.2, 0.25) is 0 Å². The molecule has 1 fully saturated rings. The highest BCUT2D eigenvalue weighted by atomic mass is 16.6. The standard InChI is InChI=1S/C17H26N4O3/c1-4-13(3)19-16(22)14-10-15(12-18-11-14)20-6-8-21(9-7-20)17(23)24-5-2/h10-13H,4-9H2,1-3H3,(H,19,22). The fourth-order valence-corrected chi connectivity index (χ4v) is 2.50. The summed E-state index contributed by atoms with van der Waals surface area (Å²) >= 11 is 0. The number of carbonyl (C=O) groups is 2. The van der Waals surface area contributed by atoms with Crippen LogP contribution in [-0.4, -0.2) is 60.7 Å². The molecule has 1 aromatic rings. The van der Waals surface area contributed by atoms with Crippen LogP contribution >= 0.6 is 0 Å². The van der Waals surface area contributed by atoms with Crippen molar-refractivity contribution in [2.45, 2.75) is 33.2 Å². The summed E-state index contributed by atoms with van der Waals surface area (Å²) < 4.78 is 5.02. The lowest BCUT2D eigenvalue weighted by Crippen LogP contribution is -2.49. The summed E-state index contributed by atoms with van der Waals surface area (Å²) in [5.41, 5.74) is 1.45. The third-order valence-corrected chi connectivity index (χ3v) is 4.15. The van der Waals surface area contributed by atoms with Gasteiger partial charge in [-0.15, -0.1) is 0 Å². The minimum absolute atomic E-state index is 0.108. The quantitative estimate of drug-likeness (QED) is 0.890. The van der Waals surface area contributed by atoms with Gasteiger partial charge in [0.15, 0.2) is 0 Å². The van der Waals surface area contributed by atoms with Gasteiger partial charge in [-0.1, -0.05) is 6.92 Å². The molecule has 0 bridgehead atoms. The lowest BCUT2D eigenvalue weighted by atomic mass is 10.2. The van der Waals surface area contributed by atoms with Gasteiger partial charge < -0.3 is 19.9 Å². The smallest absolute Gasteiger partial charge is 0.409 e. The van der Waals surface area contributed by atoms with Gasteiger partial charge in [0.05, 0.1) is 24.1 Å². The summed E-state index contributed by atoms with van der Waals surface area (Å²) in [5.74, 6) is -0.108. The number of hydrogen-bond acceptors (Lipinski definition) is 5. The van der Waals surface area contributed by atoms with Gasteiger partial charge in [0.1, 0.15) is 0 Å². The van der Waals surface area contributed by atoms with Gasteiger partial charge in [0, 0.05) is 38.4 Å². The first kappa shape index (κ1) is 18.0. The first-order valence-corrected chi connectivity index (χ1v) is 8.47. The Morgan fingerprint density at radius 3 is 2.58 bits per heavy atom. The first-order valence-electron chi connectivity index (χ1n) is 8.47. The monoisotopic (exact) mass is 334 g/mol. The molecule has 1 N–H and O–H groups in total. The van der Waals surface area contributed by atoms with Crippen LogP contribution in [0.25, 0.3) is 0 Å². The number of hydrogen-bond donors (Lipinski definition) is 1. The van der Waals surface area contributed by atoms with Crippen molar-refractivity contribution in [3.05, 3.63) is 24.0 Å². The van der Waals surface area contributed by atoms with E-state index in [9.17, 15) is 9.59 Å². The second-order valence-corrected chi connectivity index (χ2v) is 5.89. The minimum atomic E-state index is -0.267. The highest BCUT2D eigenvalue weighted by Gasteiger charge is 2.22. The number of ether oxygens (including phenoxy) is 1. The number of aromatic nitrogens is 1. The molecule has 1 aromatic heterocycles. The van der Waals surface area contributed by atoms with Crippen LogP contribution in [0.4, 0.5) is 10.5 Å². The van der Waals surface area contributed by atoms with Crippen LogP contribution in [0.15, 0.2) is 18.5 Å². The van der Waals surface area contributed by atoms with Crippen LogP contribution in [0.3, 0.4) is 0 Å². The predicted molar refractivity (Wildman–Crippen MR) is 92.3 cm³/mol. The van der Waals surface area contributed by atoms with Gasteiger partial charge >= 0.3 is 6.09 Å². The Labute approximate surface area is 143 Å². The van der Waals surface area contributed by atoms with E-state index >= 15 is 0 Å². The maximum Gasteiger partial charge on any atom is 0.409 e. The number of nitrogens with zero attached hydrogens (tertiary/aromatic N) is 3. The number of carbonyl (C=O) groups excluding carboxylic acids is 2. The summed E-state index contributed by atoms with van der Waals surface area (Å²) in [6.45, 7) is 8.77. The van der Waals surface area contributed by atoms with Crippen molar-refractivity contribution < 1.29 is 14.3 Å². The van der Waals surface area contributed by atoms with Crippen LogP contribution in [-0.2, 0) is 4.74 Å². The maximum atomic E-state index is 12.2. The number of nitrogens with one attached hydrogen (secondary N) is 1. The lowest BCUT2D eigenvalue weighted by Gasteiger charge is -2.35. The van der Waals surface area contributed by atoms with Crippen molar-refractivity contribution in [3.8, 4) is 0 Å². The van der Waals surface area contributed by atoms with E-state index in [1.54, 1.807) is 24.2 Å². The average molecular weight is 334 g/mol. The molecule has 24 heavy (non-hydrogen) atoms.